The van der Waals surface area contributed by atoms with Gasteiger partial charge in [0.1, 0.15) is 17.7 Å². The average Bonchev–Trinajstić information content (AvgIpc) is 2.37. The monoisotopic (exact) mass is 250 g/mol. The molecule has 2 nitrogen and oxygen atoms in total. The van der Waals surface area contributed by atoms with Crippen LogP contribution in [0.2, 0.25) is 0 Å². The lowest BCUT2D eigenvalue weighted by Crippen LogP contribution is -2.02. The fourth-order valence-electron chi connectivity index (χ4n) is 1.60. The largest absolute Gasteiger partial charge is 0.495 e. The molecule has 0 heterocycles. The van der Waals surface area contributed by atoms with Crippen LogP contribution in [0.25, 0.3) is 0 Å². The van der Waals surface area contributed by atoms with Crippen molar-refractivity contribution >= 4 is 0 Å². The Hall–Kier alpha value is -1.53. The number of methoxy groups -OCH3 is 1. The fraction of sp³-hybridized carbons (Fsp3) is 0.467. The smallest absolute Gasteiger partial charge is 0.134 e. The van der Waals surface area contributed by atoms with E-state index in [1.54, 1.807) is 0 Å². The molecule has 18 heavy (non-hydrogen) atoms. The average molecular weight is 250 g/mol. The molecule has 1 unspecified atom stereocenters. The van der Waals surface area contributed by atoms with Crippen molar-refractivity contribution in [1.29, 1.82) is 0 Å². The molecule has 0 amide bonds. The van der Waals surface area contributed by atoms with E-state index in [0.29, 0.717) is 17.7 Å². The normalized spacial score (nSPS) is 11.6. The van der Waals surface area contributed by atoms with Gasteiger partial charge in [-0.25, -0.2) is 4.39 Å². The summed E-state index contributed by atoms with van der Waals surface area (Å²) in [5.74, 6) is 5.64. The molecule has 1 aromatic rings. The third kappa shape index (κ3) is 4.77. The van der Waals surface area contributed by atoms with Crippen LogP contribution in [-0.2, 0) is 0 Å². The van der Waals surface area contributed by atoms with Crippen LogP contribution in [0.5, 0.6) is 5.75 Å². The van der Waals surface area contributed by atoms with Gasteiger partial charge < -0.3 is 9.84 Å². The lowest BCUT2D eigenvalue weighted by Gasteiger charge is -2.04. The van der Waals surface area contributed by atoms with E-state index in [2.05, 4.69) is 18.8 Å². The summed E-state index contributed by atoms with van der Waals surface area (Å²) in [6.45, 7) is 2.11. The third-order valence-electron chi connectivity index (χ3n) is 2.62. The topological polar surface area (TPSA) is 29.5 Å². The first-order valence-corrected chi connectivity index (χ1v) is 6.20. The molecular formula is C15H19FO2. The van der Waals surface area contributed by atoms with Gasteiger partial charge in [0, 0.05) is 0 Å². The van der Waals surface area contributed by atoms with Crippen molar-refractivity contribution in [3.05, 3.63) is 29.6 Å². The Balaban J connectivity index is 2.69. The van der Waals surface area contributed by atoms with E-state index in [1.165, 1.54) is 25.3 Å². The van der Waals surface area contributed by atoms with E-state index < -0.39 is 6.10 Å². The summed E-state index contributed by atoms with van der Waals surface area (Å²) in [5.41, 5.74) is 0.465. The first-order chi connectivity index (χ1) is 8.67. The van der Waals surface area contributed by atoms with Gasteiger partial charge in [-0.1, -0.05) is 31.6 Å². The number of ether oxygens (including phenoxy) is 1. The Morgan fingerprint density at radius 3 is 2.83 bits per heavy atom. The van der Waals surface area contributed by atoms with Crippen LogP contribution in [0.15, 0.2) is 18.2 Å². The molecule has 0 aliphatic rings. The summed E-state index contributed by atoms with van der Waals surface area (Å²) in [6, 6.07) is 4.16. The maximum atomic E-state index is 13.1. The number of aliphatic hydroxyl groups is 1. The molecule has 0 fully saturated rings. The summed E-state index contributed by atoms with van der Waals surface area (Å²) in [4.78, 5) is 0. The number of halogens is 1. The minimum absolute atomic E-state index is 0.361. The molecule has 1 aromatic carbocycles. The van der Waals surface area contributed by atoms with E-state index in [9.17, 15) is 9.50 Å². The van der Waals surface area contributed by atoms with Gasteiger partial charge in [0.15, 0.2) is 0 Å². The minimum atomic E-state index is -0.662. The Morgan fingerprint density at radius 1 is 1.39 bits per heavy atom. The molecule has 0 aliphatic heterocycles. The standard InChI is InChI=1S/C15H19FO2/c1-3-4-5-6-14(17)9-7-12-11-13(16)8-10-15(12)18-2/h8,10-11,14,17H,3-6H2,1-2H3. The molecule has 0 aliphatic carbocycles. The van der Waals surface area contributed by atoms with E-state index in [0.717, 1.165) is 19.3 Å². The van der Waals surface area contributed by atoms with Crippen molar-refractivity contribution in [2.45, 2.75) is 38.7 Å². The Morgan fingerprint density at radius 2 is 2.17 bits per heavy atom. The molecule has 0 saturated carbocycles. The number of benzene rings is 1. The van der Waals surface area contributed by atoms with E-state index in [-0.39, 0.29) is 5.82 Å². The van der Waals surface area contributed by atoms with Crippen molar-refractivity contribution in [3.63, 3.8) is 0 Å². The van der Waals surface area contributed by atoms with Crippen LogP contribution in [0, 0.1) is 17.7 Å². The second-order valence-electron chi connectivity index (χ2n) is 4.13. The van der Waals surface area contributed by atoms with Gasteiger partial charge in [-0.15, -0.1) is 0 Å². The van der Waals surface area contributed by atoms with Crippen LogP contribution in [0.1, 0.15) is 38.2 Å². The SMILES string of the molecule is CCCCCC(O)C#Cc1cc(F)ccc1OC. The highest BCUT2D eigenvalue weighted by Gasteiger charge is 2.03. The molecule has 1 atom stereocenters. The van der Waals surface area contributed by atoms with Crippen LogP contribution >= 0.6 is 0 Å². The van der Waals surface area contributed by atoms with Crippen molar-refractivity contribution in [2.24, 2.45) is 0 Å². The number of hydrogen-bond donors (Lipinski definition) is 1. The van der Waals surface area contributed by atoms with Crippen molar-refractivity contribution in [1.82, 2.24) is 0 Å². The van der Waals surface area contributed by atoms with Crippen LogP contribution < -0.4 is 4.74 Å². The van der Waals surface area contributed by atoms with Gasteiger partial charge in [-0.2, -0.15) is 0 Å². The van der Waals surface area contributed by atoms with Gasteiger partial charge in [0.25, 0.3) is 0 Å². The quantitative estimate of drug-likeness (QED) is 0.642. The lowest BCUT2D eigenvalue weighted by molar-refractivity contribution is 0.217. The lowest BCUT2D eigenvalue weighted by atomic mass is 10.1. The summed E-state index contributed by atoms with van der Waals surface area (Å²) in [5, 5.41) is 9.66. The second kappa shape index (κ2) is 7.73. The molecule has 1 rings (SSSR count). The molecule has 0 spiro atoms. The maximum Gasteiger partial charge on any atom is 0.134 e. The van der Waals surface area contributed by atoms with Crippen LogP contribution in [0.4, 0.5) is 4.39 Å². The van der Waals surface area contributed by atoms with E-state index in [1.807, 2.05) is 0 Å². The highest BCUT2D eigenvalue weighted by atomic mass is 19.1. The van der Waals surface area contributed by atoms with Crippen molar-refractivity contribution in [2.75, 3.05) is 7.11 Å². The Labute approximate surface area is 108 Å². The second-order valence-corrected chi connectivity index (χ2v) is 4.13. The zero-order chi connectivity index (χ0) is 13.4. The summed E-state index contributed by atoms with van der Waals surface area (Å²) in [6.07, 6.45) is 3.13. The summed E-state index contributed by atoms with van der Waals surface area (Å²) in [7, 11) is 1.51. The highest BCUT2D eigenvalue weighted by Crippen LogP contribution is 2.18. The predicted molar refractivity (Wildman–Crippen MR) is 70.0 cm³/mol. The maximum absolute atomic E-state index is 13.1. The summed E-state index contributed by atoms with van der Waals surface area (Å²) >= 11 is 0. The van der Waals surface area contributed by atoms with Crippen LogP contribution in [-0.4, -0.2) is 18.3 Å². The van der Waals surface area contributed by atoms with Gasteiger partial charge in [-0.05, 0) is 31.0 Å². The highest BCUT2D eigenvalue weighted by molar-refractivity contribution is 5.46. The van der Waals surface area contributed by atoms with Gasteiger partial charge in [0.2, 0.25) is 0 Å². The summed E-state index contributed by atoms with van der Waals surface area (Å²) < 4.78 is 18.2. The number of unbranched alkanes of at least 4 members (excludes halogenated alkanes) is 2. The molecular weight excluding hydrogens is 231 g/mol. The number of rotatable bonds is 5. The van der Waals surface area contributed by atoms with Crippen molar-refractivity contribution < 1.29 is 14.2 Å². The third-order valence-corrected chi connectivity index (χ3v) is 2.62. The molecule has 0 saturated heterocycles. The Kier molecular flexibility index (Phi) is 6.24. The molecule has 0 bridgehead atoms. The molecule has 1 N–H and O–H groups in total. The van der Waals surface area contributed by atoms with Gasteiger partial charge in [0.05, 0.1) is 12.7 Å². The van der Waals surface area contributed by atoms with Crippen LogP contribution in [0.3, 0.4) is 0 Å². The molecule has 98 valence electrons. The number of aliphatic hydroxyl groups excluding tert-OH is 1. The fourth-order valence-corrected chi connectivity index (χ4v) is 1.60. The predicted octanol–water partition coefficient (Wildman–Crippen LogP) is 3.13. The first-order valence-electron chi connectivity index (χ1n) is 6.20. The molecule has 0 radical (unpaired) electrons. The molecule has 0 aromatic heterocycles. The van der Waals surface area contributed by atoms with E-state index in [4.69, 9.17) is 4.74 Å². The van der Waals surface area contributed by atoms with Gasteiger partial charge >= 0.3 is 0 Å². The minimum Gasteiger partial charge on any atom is -0.495 e. The van der Waals surface area contributed by atoms with Crippen molar-refractivity contribution in [3.8, 4) is 17.6 Å². The van der Waals surface area contributed by atoms with Gasteiger partial charge in [-0.3, -0.25) is 0 Å². The molecule has 3 heteroatoms. The Bertz CT molecular complexity index is 432. The zero-order valence-electron chi connectivity index (χ0n) is 10.9. The van der Waals surface area contributed by atoms with E-state index >= 15 is 0 Å². The zero-order valence-corrected chi connectivity index (χ0v) is 10.9. The number of hydrogen-bond acceptors (Lipinski definition) is 2. The first kappa shape index (κ1) is 14.5.